The van der Waals surface area contributed by atoms with Gasteiger partial charge in [0.25, 0.3) is 0 Å². The zero-order valence-corrected chi connectivity index (χ0v) is 29.7. The first-order valence-electron chi connectivity index (χ1n) is 18.3. The van der Waals surface area contributed by atoms with E-state index in [1.54, 1.807) is 24.3 Å². The molecule has 2 aliphatic rings. The maximum Gasteiger partial charge on any atom is 0.170 e. The molecule has 9 rings (SSSR count). The van der Waals surface area contributed by atoms with Crippen LogP contribution >= 0.6 is 0 Å². The van der Waals surface area contributed by atoms with Gasteiger partial charge >= 0.3 is 0 Å². The maximum absolute atomic E-state index is 11.8. The molecule has 7 aromatic rings. The summed E-state index contributed by atoms with van der Waals surface area (Å²) >= 11 is 0. The Morgan fingerprint density at radius 1 is 0.519 bits per heavy atom. The van der Waals surface area contributed by atoms with E-state index < -0.39 is 23.0 Å². The number of benzene rings is 7. The quantitative estimate of drug-likeness (QED) is 0.0785. The Kier molecular flexibility index (Phi) is 8.20. The lowest BCUT2D eigenvalue weighted by Gasteiger charge is -2.28. The Morgan fingerprint density at radius 3 is 1.87 bits per heavy atom. The summed E-state index contributed by atoms with van der Waals surface area (Å²) in [4.78, 5) is 0. The molecule has 0 heterocycles. The van der Waals surface area contributed by atoms with Gasteiger partial charge in [0.2, 0.25) is 0 Å². The molecule has 0 fully saturated rings. The van der Waals surface area contributed by atoms with E-state index >= 15 is 0 Å². The number of rotatable bonds is 6. The Morgan fingerprint density at radius 2 is 1.15 bits per heavy atom. The molecule has 0 spiro atoms. The van der Waals surface area contributed by atoms with E-state index in [4.69, 9.17) is 4.74 Å². The Labute approximate surface area is 313 Å². The molecule has 0 aromatic heterocycles. The molecule has 0 radical (unpaired) electrons. The lowest BCUT2D eigenvalue weighted by atomic mass is 9.82. The molecule has 0 aliphatic heterocycles. The first kappa shape index (κ1) is 33.1. The number of ether oxygens (including phenoxy) is 1. The van der Waals surface area contributed by atoms with Gasteiger partial charge < -0.3 is 25.2 Å². The van der Waals surface area contributed by atoms with Gasteiger partial charge in [-0.15, -0.1) is 0 Å². The van der Waals surface area contributed by atoms with Gasteiger partial charge in [-0.2, -0.15) is 0 Å². The van der Waals surface area contributed by atoms with Crippen molar-refractivity contribution < 1.29 is 25.2 Å². The third-order valence-electron chi connectivity index (χ3n) is 11.0. The van der Waals surface area contributed by atoms with Crippen LogP contribution in [0, 0.1) is 12.8 Å². The van der Waals surface area contributed by atoms with Crippen molar-refractivity contribution in [2.24, 2.45) is 5.92 Å². The third-order valence-corrected chi connectivity index (χ3v) is 11.0. The van der Waals surface area contributed by atoms with Crippen molar-refractivity contribution in [3.05, 3.63) is 163 Å². The Balaban J connectivity index is 1.30. The highest BCUT2D eigenvalue weighted by Gasteiger charge is 2.29. The second kappa shape index (κ2) is 13.4. The van der Waals surface area contributed by atoms with Crippen molar-refractivity contribution in [2.45, 2.75) is 25.9 Å². The van der Waals surface area contributed by atoms with Crippen LogP contribution in [-0.2, 0) is 0 Å². The number of aromatic hydroxyl groups is 4. The molecule has 2 unspecified atom stereocenters. The van der Waals surface area contributed by atoms with Gasteiger partial charge in [-0.1, -0.05) is 133 Å². The van der Waals surface area contributed by atoms with E-state index in [1.165, 1.54) is 5.57 Å². The molecule has 0 amide bonds. The Bertz CT molecular complexity index is 2660. The zero-order chi connectivity index (χ0) is 36.9. The van der Waals surface area contributed by atoms with Crippen LogP contribution in [0.4, 0.5) is 0 Å². The van der Waals surface area contributed by atoms with E-state index in [2.05, 4.69) is 61.6 Å². The van der Waals surface area contributed by atoms with Gasteiger partial charge in [-0.3, -0.25) is 0 Å². The number of hydrogen-bond donors (Lipinski definition) is 4. The van der Waals surface area contributed by atoms with Crippen molar-refractivity contribution in [1.29, 1.82) is 0 Å². The predicted molar refractivity (Wildman–Crippen MR) is 218 cm³/mol. The van der Waals surface area contributed by atoms with E-state index in [-0.39, 0.29) is 17.2 Å². The van der Waals surface area contributed by atoms with Gasteiger partial charge in [-0.05, 0) is 98.5 Å². The zero-order valence-electron chi connectivity index (χ0n) is 29.7. The molecule has 2 atom stereocenters. The van der Waals surface area contributed by atoms with Crippen LogP contribution in [0.25, 0.3) is 66.1 Å². The first-order valence-corrected chi connectivity index (χ1v) is 18.3. The fraction of sp³-hybridized carbons (Fsp3) is 0.102. The number of fused-ring (bicyclic) bond motifs is 3. The van der Waals surface area contributed by atoms with Gasteiger partial charge in [0.05, 0.1) is 11.1 Å². The molecule has 7 aromatic carbocycles. The van der Waals surface area contributed by atoms with Crippen molar-refractivity contribution in [1.82, 2.24) is 0 Å². The summed E-state index contributed by atoms with van der Waals surface area (Å²) in [6, 6.07) is 39.0. The van der Waals surface area contributed by atoms with E-state index in [1.807, 2.05) is 72.8 Å². The molecule has 5 heteroatoms. The van der Waals surface area contributed by atoms with E-state index in [9.17, 15) is 20.4 Å². The molecule has 4 N–H and O–H groups in total. The summed E-state index contributed by atoms with van der Waals surface area (Å²) in [6.45, 7) is 2.09. The third kappa shape index (κ3) is 5.48. The standard InChI is InChI=1S/C49H38O5/c1-29-36(21-12-22-41(29)54-35-25-23-31-15-8-9-18-33(31)27-35)43-37-19-10-11-20-38(37)44(40-28-34(24-26-39(40)43)30-13-4-2-5-14-30)45-48(52)46(50)42(47(51)49(45)53)32-16-6-3-7-17-32/h2-22,24,26-28,31,35,50-53H,23,25H2,1H3. The van der Waals surface area contributed by atoms with Crippen molar-refractivity contribution >= 4 is 21.5 Å². The fourth-order valence-electron chi connectivity index (χ4n) is 8.31. The molecule has 0 saturated carbocycles. The van der Waals surface area contributed by atoms with Gasteiger partial charge in [-0.25, -0.2) is 0 Å². The monoisotopic (exact) mass is 706 g/mol. The summed E-state index contributed by atoms with van der Waals surface area (Å²) in [6.07, 6.45) is 12.8. The lowest BCUT2D eigenvalue weighted by molar-refractivity contribution is 0.220. The Hall–Kier alpha value is -6.72. The highest BCUT2D eigenvalue weighted by atomic mass is 16.5. The number of phenolic OH excluding ortho intramolecular Hbond substituents is 4. The molecular formula is C49H38O5. The maximum atomic E-state index is 11.8. The first-order chi connectivity index (χ1) is 26.4. The normalized spacial score (nSPS) is 16.4. The summed E-state index contributed by atoms with van der Waals surface area (Å²) in [5, 5.41) is 50.0. The molecule has 264 valence electrons. The summed E-state index contributed by atoms with van der Waals surface area (Å²) in [5.41, 5.74) is 7.04. The van der Waals surface area contributed by atoms with Crippen molar-refractivity contribution in [3.63, 3.8) is 0 Å². The van der Waals surface area contributed by atoms with Crippen LogP contribution in [0.5, 0.6) is 28.7 Å². The van der Waals surface area contributed by atoms with Gasteiger partial charge in [0, 0.05) is 11.5 Å². The second-order valence-corrected chi connectivity index (χ2v) is 14.1. The fourth-order valence-corrected chi connectivity index (χ4v) is 8.31. The largest absolute Gasteiger partial charge is 0.504 e. The molecule has 0 bridgehead atoms. The smallest absolute Gasteiger partial charge is 0.170 e. The average molecular weight is 707 g/mol. The topological polar surface area (TPSA) is 90.2 Å². The number of phenols is 4. The number of hydrogen-bond acceptors (Lipinski definition) is 5. The van der Waals surface area contributed by atoms with E-state index in [0.717, 1.165) is 68.0 Å². The van der Waals surface area contributed by atoms with E-state index in [0.29, 0.717) is 17.0 Å². The predicted octanol–water partition coefficient (Wildman–Crippen LogP) is 12.0. The summed E-state index contributed by atoms with van der Waals surface area (Å²) in [7, 11) is 0. The molecule has 0 saturated heterocycles. The lowest BCUT2D eigenvalue weighted by Crippen LogP contribution is -2.22. The van der Waals surface area contributed by atoms with Crippen LogP contribution in [-0.4, -0.2) is 26.5 Å². The highest BCUT2D eigenvalue weighted by molar-refractivity contribution is 6.23. The minimum atomic E-state index is -0.521. The SMILES string of the molecule is Cc1c(OC2C=C3C=CC=CC3CC2)cccc1-c1c2ccccc2c(-c2c(O)c(O)c(-c3ccccc3)c(O)c2O)c2cc(-c3ccccc3)ccc12. The minimum absolute atomic E-state index is 0.0444. The molecule has 5 nitrogen and oxygen atoms in total. The molecular weight excluding hydrogens is 669 g/mol. The minimum Gasteiger partial charge on any atom is -0.504 e. The van der Waals surface area contributed by atoms with Crippen molar-refractivity contribution in [3.8, 4) is 73.3 Å². The molecule has 54 heavy (non-hydrogen) atoms. The van der Waals surface area contributed by atoms with Crippen LogP contribution in [0.3, 0.4) is 0 Å². The van der Waals surface area contributed by atoms with Crippen molar-refractivity contribution in [2.75, 3.05) is 0 Å². The van der Waals surface area contributed by atoms with Gasteiger partial charge in [0.15, 0.2) is 23.0 Å². The average Bonchev–Trinajstić information content (AvgIpc) is 3.21. The van der Waals surface area contributed by atoms with Crippen LogP contribution in [0.1, 0.15) is 18.4 Å². The highest BCUT2D eigenvalue weighted by Crippen LogP contribution is 2.58. The van der Waals surface area contributed by atoms with Crippen LogP contribution in [0.2, 0.25) is 0 Å². The second-order valence-electron chi connectivity index (χ2n) is 14.1. The number of allylic oxidation sites excluding steroid dienone is 5. The molecule has 2 aliphatic carbocycles. The summed E-state index contributed by atoms with van der Waals surface area (Å²) in [5.74, 6) is -0.823. The van der Waals surface area contributed by atoms with Crippen LogP contribution < -0.4 is 4.74 Å². The van der Waals surface area contributed by atoms with Crippen LogP contribution in [0.15, 0.2) is 157 Å². The van der Waals surface area contributed by atoms with Gasteiger partial charge in [0.1, 0.15) is 11.9 Å². The summed E-state index contributed by atoms with van der Waals surface area (Å²) < 4.78 is 6.74.